The Labute approximate surface area is 321 Å². The van der Waals surface area contributed by atoms with Gasteiger partial charge in [-0.05, 0) is 120 Å². The van der Waals surface area contributed by atoms with Crippen LogP contribution < -0.4 is 35.7 Å². The van der Waals surface area contributed by atoms with Gasteiger partial charge in [0.15, 0.2) is 11.5 Å². The second kappa shape index (κ2) is 12.0. The molecule has 9 rings (SSSR count). The molecule has 0 aliphatic carbocycles. The molecule has 0 bridgehead atoms. The van der Waals surface area contributed by atoms with Crippen LogP contribution in [0.5, 0.6) is 11.5 Å². The first kappa shape index (κ1) is 34.7. The van der Waals surface area contributed by atoms with Crippen molar-refractivity contribution in [3.8, 4) is 11.5 Å². The number of aryl methyl sites for hydroxylation is 5. The number of anilines is 6. The van der Waals surface area contributed by atoms with Crippen molar-refractivity contribution >= 4 is 68.4 Å². The van der Waals surface area contributed by atoms with E-state index in [0.717, 1.165) is 46.1 Å². The van der Waals surface area contributed by atoms with E-state index in [1.54, 1.807) is 0 Å². The Hall–Kier alpha value is -5.10. The van der Waals surface area contributed by atoms with Gasteiger partial charge < -0.3 is 18.8 Å². The summed E-state index contributed by atoms with van der Waals surface area (Å²) in [5.41, 5.74) is 19.3. The molecule has 54 heavy (non-hydrogen) atoms. The molecule has 0 unspecified atom stereocenters. The molecule has 6 aromatic rings. The number of benzene rings is 5. The molecule has 0 atom stereocenters. The minimum atomic E-state index is -0.0992. The zero-order chi connectivity index (χ0) is 38.0. The summed E-state index contributed by atoms with van der Waals surface area (Å²) >= 11 is 0. The summed E-state index contributed by atoms with van der Waals surface area (Å²) in [4.78, 5) is 4.96. The third kappa shape index (κ3) is 5.20. The maximum Gasteiger partial charge on any atom is 0.257 e. The first-order chi connectivity index (χ1) is 25.6. The standard InChI is InChI=1S/C48H51BN2O3/c1-27-19-37-43-38(20-27)51(45-30(4)23-33(24-31(45)5)48(9,10)11)46-42(34-15-12-13-16-39(34)54-46)49(43)35-25-40-41(53-18-14-17-52-40)26-36(35)50(37)44-28(2)21-32(22-29(44)3)47(6,7)8/h12-13,15-16,19-26H,14,17-18H2,1-11H3. The molecule has 0 N–H and O–H groups in total. The lowest BCUT2D eigenvalue weighted by molar-refractivity contribution is 0.297. The Kier molecular flexibility index (Phi) is 7.67. The van der Waals surface area contributed by atoms with Crippen molar-refractivity contribution in [1.29, 1.82) is 0 Å². The van der Waals surface area contributed by atoms with Crippen LogP contribution in [-0.4, -0.2) is 19.9 Å². The third-order valence-electron chi connectivity index (χ3n) is 11.8. The van der Waals surface area contributed by atoms with Gasteiger partial charge in [-0.15, -0.1) is 0 Å². The number of ether oxygens (including phenoxy) is 2. The van der Waals surface area contributed by atoms with Crippen LogP contribution >= 0.6 is 0 Å². The Balaban J connectivity index is 1.41. The average molecular weight is 715 g/mol. The van der Waals surface area contributed by atoms with Crippen molar-refractivity contribution in [2.75, 3.05) is 23.0 Å². The molecule has 0 radical (unpaired) electrons. The van der Waals surface area contributed by atoms with Crippen molar-refractivity contribution < 1.29 is 13.9 Å². The lowest BCUT2D eigenvalue weighted by Gasteiger charge is -2.44. The minimum Gasteiger partial charge on any atom is -0.490 e. The van der Waals surface area contributed by atoms with Crippen LogP contribution in [0.1, 0.15) is 86.9 Å². The molecule has 6 heteroatoms. The van der Waals surface area contributed by atoms with Crippen molar-refractivity contribution in [3.05, 3.63) is 112 Å². The summed E-state index contributed by atoms with van der Waals surface area (Å²) < 4.78 is 19.9. The topological polar surface area (TPSA) is 38.1 Å². The van der Waals surface area contributed by atoms with Crippen LogP contribution in [0.3, 0.4) is 0 Å². The second-order valence-corrected chi connectivity index (χ2v) is 18.0. The molecule has 0 saturated heterocycles. The number of nitrogens with zero attached hydrogens (tertiary/aromatic N) is 2. The summed E-state index contributed by atoms with van der Waals surface area (Å²) in [6, 6.07) is 27.3. The number of fused-ring (bicyclic) bond motifs is 7. The molecule has 0 amide bonds. The van der Waals surface area contributed by atoms with Gasteiger partial charge in [0.25, 0.3) is 6.71 Å². The summed E-state index contributed by atoms with van der Waals surface area (Å²) in [5.74, 6) is 2.49. The fourth-order valence-corrected chi connectivity index (χ4v) is 9.20. The molecule has 3 aliphatic rings. The highest BCUT2D eigenvalue weighted by atomic mass is 16.5. The first-order valence-electron chi connectivity index (χ1n) is 19.5. The number of hydrogen-bond donors (Lipinski definition) is 0. The van der Waals surface area contributed by atoms with Crippen LogP contribution in [0.4, 0.5) is 34.3 Å². The van der Waals surface area contributed by atoms with Crippen LogP contribution in [0.25, 0.3) is 11.0 Å². The van der Waals surface area contributed by atoms with Gasteiger partial charge in [0.1, 0.15) is 5.58 Å². The van der Waals surface area contributed by atoms with Gasteiger partial charge in [-0.2, -0.15) is 0 Å². The Morgan fingerprint density at radius 3 is 1.67 bits per heavy atom. The molecular weight excluding hydrogens is 663 g/mol. The second-order valence-electron chi connectivity index (χ2n) is 18.0. The van der Waals surface area contributed by atoms with E-state index < -0.39 is 0 Å². The minimum absolute atomic E-state index is 0.0281. The number of furan rings is 1. The molecule has 0 spiro atoms. The molecule has 274 valence electrons. The van der Waals surface area contributed by atoms with Gasteiger partial charge in [-0.1, -0.05) is 84.0 Å². The Bertz CT molecular complexity index is 2490. The van der Waals surface area contributed by atoms with Gasteiger partial charge in [0.2, 0.25) is 5.88 Å². The van der Waals surface area contributed by atoms with Gasteiger partial charge in [0.05, 0.1) is 24.6 Å². The maximum atomic E-state index is 7.06. The highest BCUT2D eigenvalue weighted by molar-refractivity contribution is 7.01. The van der Waals surface area contributed by atoms with E-state index in [0.29, 0.717) is 13.2 Å². The van der Waals surface area contributed by atoms with Crippen molar-refractivity contribution in [1.82, 2.24) is 0 Å². The predicted octanol–water partition coefficient (Wildman–Crippen LogP) is 10.8. The molecular formula is C48H51BN2O3. The van der Waals surface area contributed by atoms with E-state index in [9.17, 15) is 0 Å². The van der Waals surface area contributed by atoms with Crippen molar-refractivity contribution in [2.45, 2.75) is 93.4 Å². The smallest absolute Gasteiger partial charge is 0.257 e. The van der Waals surface area contributed by atoms with Gasteiger partial charge in [-0.25, -0.2) is 0 Å². The van der Waals surface area contributed by atoms with Crippen molar-refractivity contribution in [2.24, 2.45) is 0 Å². The van der Waals surface area contributed by atoms with Gasteiger partial charge >= 0.3 is 0 Å². The van der Waals surface area contributed by atoms with Crippen LogP contribution in [0.15, 0.2) is 77.2 Å². The first-order valence-corrected chi connectivity index (χ1v) is 19.5. The summed E-state index contributed by atoms with van der Waals surface area (Å²) in [5, 5.41) is 1.13. The highest BCUT2D eigenvalue weighted by Gasteiger charge is 2.47. The molecule has 5 aromatic carbocycles. The summed E-state index contributed by atoms with van der Waals surface area (Å²) in [6.07, 6.45) is 0.848. The molecule has 0 fully saturated rings. The van der Waals surface area contributed by atoms with E-state index in [2.05, 4.69) is 159 Å². The normalized spacial score (nSPS) is 14.9. The van der Waals surface area contributed by atoms with E-state index in [1.807, 2.05) is 0 Å². The molecule has 3 aliphatic heterocycles. The lowest BCUT2D eigenvalue weighted by Crippen LogP contribution is -2.61. The fourth-order valence-electron chi connectivity index (χ4n) is 9.20. The number of rotatable bonds is 2. The van der Waals surface area contributed by atoms with E-state index in [-0.39, 0.29) is 17.5 Å². The van der Waals surface area contributed by atoms with Crippen LogP contribution in [0.2, 0.25) is 0 Å². The van der Waals surface area contributed by atoms with Crippen LogP contribution in [0, 0.1) is 34.6 Å². The molecule has 4 heterocycles. The zero-order valence-electron chi connectivity index (χ0n) is 33.7. The number of hydrogen-bond acceptors (Lipinski definition) is 5. The quantitative estimate of drug-likeness (QED) is 0.167. The number of para-hydroxylation sites is 1. The van der Waals surface area contributed by atoms with Crippen molar-refractivity contribution in [3.63, 3.8) is 0 Å². The van der Waals surface area contributed by atoms with Crippen LogP contribution in [-0.2, 0) is 10.8 Å². The summed E-state index contributed by atoms with van der Waals surface area (Å²) in [6.45, 7) is 26.2. The maximum absolute atomic E-state index is 7.06. The largest absolute Gasteiger partial charge is 0.490 e. The average Bonchev–Trinajstić information content (AvgIpc) is 3.32. The Morgan fingerprint density at radius 1 is 0.574 bits per heavy atom. The van der Waals surface area contributed by atoms with Gasteiger partial charge in [0, 0.05) is 40.4 Å². The highest BCUT2D eigenvalue weighted by Crippen LogP contribution is 2.50. The summed E-state index contributed by atoms with van der Waals surface area (Å²) in [7, 11) is 0. The third-order valence-corrected chi connectivity index (χ3v) is 11.8. The molecule has 5 nitrogen and oxygen atoms in total. The predicted molar refractivity (Wildman–Crippen MR) is 227 cm³/mol. The monoisotopic (exact) mass is 714 g/mol. The van der Waals surface area contributed by atoms with Gasteiger partial charge in [-0.3, -0.25) is 4.90 Å². The SMILES string of the molecule is Cc1cc2c3c(c1)N(c1c(C)cc(C(C)(C)C)cc1C)c1oc4ccccc4c1B3c1cc3c(cc1N2c1c(C)cc(C(C)(C)C)cc1C)OCCCO3. The van der Waals surface area contributed by atoms with E-state index >= 15 is 0 Å². The fraction of sp³-hybridized carbons (Fsp3) is 0.333. The molecule has 1 aromatic heterocycles. The van der Waals surface area contributed by atoms with E-state index in [1.165, 1.54) is 72.4 Å². The Morgan fingerprint density at radius 2 is 1.09 bits per heavy atom. The van der Waals surface area contributed by atoms with E-state index in [4.69, 9.17) is 13.9 Å². The lowest BCUT2D eigenvalue weighted by atomic mass is 9.33. The zero-order valence-corrected chi connectivity index (χ0v) is 33.7. The molecule has 0 saturated carbocycles.